The number of aromatic nitrogens is 1. The van der Waals surface area contributed by atoms with Crippen LogP contribution in [-0.4, -0.2) is 17.3 Å². The molecule has 1 heterocycles. The molecule has 0 spiro atoms. The van der Waals surface area contributed by atoms with Gasteiger partial charge in [0.05, 0.1) is 15.6 Å². The van der Waals surface area contributed by atoms with E-state index >= 15 is 0 Å². The Morgan fingerprint density at radius 1 is 1.35 bits per heavy atom. The van der Waals surface area contributed by atoms with Crippen molar-refractivity contribution in [3.63, 3.8) is 0 Å². The fourth-order valence-corrected chi connectivity index (χ4v) is 4.42. The largest absolute Gasteiger partial charge is 0.573 e. The molecule has 1 aromatic heterocycles. The molecule has 2 aromatic rings. The Bertz CT molecular complexity index is 847. The van der Waals surface area contributed by atoms with Crippen molar-refractivity contribution in [1.29, 1.82) is 0 Å². The first-order chi connectivity index (χ1) is 11.9. The minimum atomic E-state index is -4.74. The van der Waals surface area contributed by atoms with Crippen LogP contribution >= 0.6 is 11.3 Å². The van der Waals surface area contributed by atoms with E-state index in [-0.39, 0.29) is 17.1 Å². The molecule has 1 aromatic carbocycles. The lowest BCUT2D eigenvalue weighted by atomic mass is 9.65. The van der Waals surface area contributed by atoms with Crippen LogP contribution in [-0.2, 0) is 4.79 Å². The van der Waals surface area contributed by atoms with Gasteiger partial charge in [0.1, 0.15) is 5.75 Å². The third-order valence-corrected chi connectivity index (χ3v) is 6.98. The van der Waals surface area contributed by atoms with Crippen molar-refractivity contribution in [2.24, 2.45) is 16.7 Å². The van der Waals surface area contributed by atoms with Gasteiger partial charge in [0.15, 0.2) is 5.13 Å². The summed E-state index contributed by atoms with van der Waals surface area (Å²) in [6.45, 7) is 8.32. The first-order valence-corrected chi connectivity index (χ1v) is 9.22. The summed E-state index contributed by atoms with van der Waals surface area (Å²) in [5.74, 6) is 0.0256. The SMILES string of the molecule is C[C@H]1CC[C@@](C)(C(=O)Nc2nc3ccc(OC(F)(F)F)cc3s2)C1(C)C. The number of carbonyl (C=O) groups excluding carboxylic acids is 1. The van der Waals surface area contributed by atoms with E-state index in [9.17, 15) is 18.0 Å². The fourth-order valence-electron chi connectivity index (χ4n) is 3.53. The van der Waals surface area contributed by atoms with Crippen molar-refractivity contribution in [2.45, 2.75) is 46.9 Å². The lowest BCUT2D eigenvalue weighted by Gasteiger charge is -2.39. The van der Waals surface area contributed by atoms with Crippen LogP contribution in [0.25, 0.3) is 10.2 Å². The summed E-state index contributed by atoms with van der Waals surface area (Å²) in [7, 11) is 0. The predicted octanol–water partition coefficient (Wildman–Crippen LogP) is 5.60. The molecule has 0 unspecified atom stereocenters. The molecule has 0 bridgehead atoms. The topological polar surface area (TPSA) is 51.2 Å². The molecule has 1 saturated carbocycles. The molecule has 3 rings (SSSR count). The molecule has 4 nitrogen and oxygen atoms in total. The van der Waals surface area contributed by atoms with Crippen molar-refractivity contribution in [3.05, 3.63) is 18.2 Å². The number of alkyl halides is 3. The van der Waals surface area contributed by atoms with Gasteiger partial charge in [-0.1, -0.05) is 39.0 Å². The highest BCUT2D eigenvalue weighted by Crippen LogP contribution is 2.56. The van der Waals surface area contributed by atoms with E-state index in [1.165, 1.54) is 18.2 Å². The van der Waals surface area contributed by atoms with E-state index in [2.05, 4.69) is 35.8 Å². The molecular formula is C18H21F3N2O2S. The van der Waals surface area contributed by atoms with Crippen LogP contribution in [0.5, 0.6) is 5.75 Å². The summed E-state index contributed by atoms with van der Waals surface area (Å²) in [6, 6.07) is 3.94. The van der Waals surface area contributed by atoms with E-state index in [1.807, 2.05) is 6.92 Å². The fraction of sp³-hybridized carbons (Fsp3) is 0.556. The number of amides is 1. The van der Waals surface area contributed by atoms with Crippen molar-refractivity contribution < 1.29 is 22.7 Å². The van der Waals surface area contributed by atoms with Crippen LogP contribution in [0, 0.1) is 16.7 Å². The second kappa shape index (κ2) is 6.11. The number of hydrogen-bond donors (Lipinski definition) is 1. The number of benzene rings is 1. The zero-order chi connectivity index (χ0) is 19.3. The summed E-state index contributed by atoms with van der Waals surface area (Å²) in [4.78, 5) is 17.2. The van der Waals surface area contributed by atoms with Crippen LogP contribution in [0.3, 0.4) is 0 Å². The van der Waals surface area contributed by atoms with Crippen LogP contribution in [0.1, 0.15) is 40.5 Å². The Hall–Kier alpha value is -1.83. The molecule has 1 amide bonds. The molecular weight excluding hydrogens is 365 g/mol. The number of halogens is 3. The van der Waals surface area contributed by atoms with Gasteiger partial charge in [-0.15, -0.1) is 13.2 Å². The Morgan fingerprint density at radius 2 is 2.04 bits per heavy atom. The van der Waals surface area contributed by atoms with E-state index in [0.717, 1.165) is 24.2 Å². The van der Waals surface area contributed by atoms with E-state index < -0.39 is 11.8 Å². The van der Waals surface area contributed by atoms with Crippen LogP contribution in [0.2, 0.25) is 0 Å². The van der Waals surface area contributed by atoms with Crippen LogP contribution < -0.4 is 10.1 Å². The number of nitrogens with one attached hydrogen (secondary N) is 1. The monoisotopic (exact) mass is 386 g/mol. The average Bonchev–Trinajstić information content (AvgIpc) is 2.99. The Morgan fingerprint density at radius 3 is 2.62 bits per heavy atom. The Kier molecular flexibility index (Phi) is 4.45. The van der Waals surface area contributed by atoms with E-state index in [0.29, 0.717) is 21.3 Å². The van der Waals surface area contributed by atoms with E-state index in [4.69, 9.17) is 0 Å². The van der Waals surface area contributed by atoms with Crippen molar-refractivity contribution >= 4 is 32.6 Å². The summed E-state index contributed by atoms with van der Waals surface area (Å²) >= 11 is 1.13. The Balaban J connectivity index is 1.82. The number of hydrogen-bond acceptors (Lipinski definition) is 4. The lowest BCUT2D eigenvalue weighted by molar-refractivity contribution is -0.274. The smallest absolute Gasteiger partial charge is 0.406 e. The lowest BCUT2D eigenvalue weighted by Crippen LogP contribution is -2.43. The van der Waals surface area contributed by atoms with Gasteiger partial charge in [0, 0.05) is 6.07 Å². The highest BCUT2D eigenvalue weighted by Gasteiger charge is 2.54. The molecule has 0 saturated heterocycles. The van der Waals surface area contributed by atoms with Crippen molar-refractivity contribution in [1.82, 2.24) is 4.98 Å². The third-order valence-electron chi connectivity index (χ3n) is 6.05. The zero-order valence-corrected chi connectivity index (χ0v) is 15.8. The maximum absolute atomic E-state index is 12.9. The molecule has 2 atom stereocenters. The quantitative estimate of drug-likeness (QED) is 0.747. The van der Waals surface area contributed by atoms with Gasteiger partial charge in [0.2, 0.25) is 5.91 Å². The predicted molar refractivity (Wildman–Crippen MR) is 95.2 cm³/mol. The number of anilines is 1. The number of carbonyl (C=O) groups is 1. The number of nitrogens with zero attached hydrogens (tertiary/aromatic N) is 1. The van der Waals surface area contributed by atoms with Crippen molar-refractivity contribution in [3.8, 4) is 5.75 Å². The molecule has 26 heavy (non-hydrogen) atoms. The molecule has 1 fully saturated rings. The summed E-state index contributed by atoms with van der Waals surface area (Å²) in [6.07, 6.45) is -2.97. The second-order valence-electron chi connectivity index (χ2n) is 7.64. The minimum Gasteiger partial charge on any atom is -0.406 e. The standard InChI is InChI=1S/C18H21F3N2O2S/c1-10-7-8-17(4,16(10,2)3)14(24)23-15-22-12-6-5-11(9-13(12)26-15)25-18(19,20)21/h5-6,9-10H,7-8H2,1-4H3,(H,22,23,24)/t10-,17-/m0/s1. The highest BCUT2D eigenvalue weighted by atomic mass is 32.1. The van der Waals surface area contributed by atoms with Gasteiger partial charge in [0.25, 0.3) is 0 Å². The van der Waals surface area contributed by atoms with E-state index in [1.54, 1.807) is 0 Å². The molecule has 142 valence electrons. The number of thiazole rings is 1. The van der Waals surface area contributed by atoms with Gasteiger partial charge in [-0.2, -0.15) is 0 Å². The summed E-state index contributed by atoms with van der Waals surface area (Å²) in [5, 5.41) is 3.24. The molecule has 0 aliphatic heterocycles. The van der Waals surface area contributed by atoms with Gasteiger partial charge in [-0.25, -0.2) is 4.98 Å². The van der Waals surface area contributed by atoms with Gasteiger partial charge >= 0.3 is 6.36 Å². The second-order valence-corrected chi connectivity index (χ2v) is 8.67. The number of rotatable bonds is 3. The maximum Gasteiger partial charge on any atom is 0.573 e. The summed E-state index contributed by atoms with van der Waals surface area (Å²) < 4.78 is 41.5. The first kappa shape index (κ1) is 18.9. The van der Waals surface area contributed by atoms with Crippen molar-refractivity contribution in [2.75, 3.05) is 5.32 Å². The zero-order valence-electron chi connectivity index (χ0n) is 15.0. The molecule has 1 aliphatic carbocycles. The van der Waals surface area contributed by atoms with Gasteiger partial charge < -0.3 is 10.1 Å². The molecule has 0 radical (unpaired) electrons. The van der Waals surface area contributed by atoms with Crippen LogP contribution in [0.4, 0.5) is 18.3 Å². The first-order valence-electron chi connectivity index (χ1n) is 8.40. The van der Waals surface area contributed by atoms with Gasteiger partial charge in [-0.05, 0) is 36.3 Å². The average molecular weight is 386 g/mol. The highest BCUT2D eigenvalue weighted by molar-refractivity contribution is 7.22. The number of ether oxygens (including phenoxy) is 1. The van der Waals surface area contributed by atoms with Crippen LogP contribution in [0.15, 0.2) is 18.2 Å². The molecule has 1 aliphatic rings. The summed E-state index contributed by atoms with van der Waals surface area (Å²) in [5.41, 5.74) is -0.153. The third kappa shape index (κ3) is 3.26. The Labute approximate surface area is 153 Å². The normalized spacial score (nSPS) is 25.4. The molecule has 1 N–H and O–H groups in total. The minimum absolute atomic E-state index is 0.0994. The maximum atomic E-state index is 12.9. The van der Waals surface area contributed by atoms with Gasteiger partial charge in [-0.3, -0.25) is 4.79 Å². The molecule has 8 heteroatoms. The number of fused-ring (bicyclic) bond motifs is 1.